The predicted molar refractivity (Wildman–Crippen MR) is 273 cm³/mol. The highest BCUT2D eigenvalue weighted by Crippen LogP contribution is 2.14. The van der Waals surface area contributed by atoms with Crippen molar-refractivity contribution in [1.82, 2.24) is 26.5 Å². The average molecular weight is 968 g/mol. The summed E-state index contributed by atoms with van der Waals surface area (Å²) in [5.41, 5.74) is 11.2. The first-order chi connectivity index (χ1) is 32.5. The molecule has 0 aliphatic heterocycles. The van der Waals surface area contributed by atoms with E-state index in [2.05, 4.69) is 34.3 Å². The van der Waals surface area contributed by atoms with Crippen molar-refractivity contribution in [1.29, 1.82) is 0 Å². The van der Waals surface area contributed by atoms with E-state index < -0.39 is 24.0 Å². The lowest BCUT2D eigenvalue weighted by molar-refractivity contribution is -0.142. The Labute approximate surface area is 412 Å². The van der Waals surface area contributed by atoms with Gasteiger partial charge in [-0.25, -0.2) is 4.79 Å². The molecular weight excluding hydrogens is 872 g/mol. The third-order valence-electron chi connectivity index (χ3n) is 10.2. The summed E-state index contributed by atoms with van der Waals surface area (Å²) in [5.74, 6) is -2.38. The number of unbranched alkanes of at least 4 members (excludes halogenated alkanes) is 16. The van der Waals surface area contributed by atoms with Gasteiger partial charge in [-0.2, -0.15) is 0 Å². The van der Waals surface area contributed by atoms with Crippen LogP contribution in [0.5, 0.6) is 0 Å². The van der Waals surface area contributed by atoms with Crippen LogP contribution in [0.1, 0.15) is 214 Å². The maximum atomic E-state index is 12.2. The van der Waals surface area contributed by atoms with Gasteiger partial charge < -0.3 is 58.1 Å². The summed E-state index contributed by atoms with van der Waals surface area (Å²) >= 11 is 0. The molecule has 394 valence electrons. The zero-order valence-electron chi connectivity index (χ0n) is 42.8. The Morgan fingerprint density at radius 2 is 1.01 bits per heavy atom. The fourth-order valence-corrected chi connectivity index (χ4v) is 6.17. The summed E-state index contributed by atoms with van der Waals surface area (Å²) in [7, 11) is 9.94. The Morgan fingerprint density at radius 1 is 0.588 bits per heavy atom. The van der Waals surface area contributed by atoms with Crippen LogP contribution in [-0.2, 0) is 38.4 Å². The molecule has 4 radical (unpaired) electrons. The fourth-order valence-electron chi connectivity index (χ4n) is 6.17. The molecule has 12 N–H and O–H groups in total. The Hall–Kier alpha value is -4.03. The van der Waals surface area contributed by atoms with Gasteiger partial charge in [-0.3, -0.25) is 28.8 Å². The molecule has 20 heteroatoms. The Kier molecular flexibility index (Phi) is 63.4. The van der Waals surface area contributed by atoms with E-state index in [9.17, 15) is 38.7 Å². The van der Waals surface area contributed by atoms with Crippen LogP contribution >= 0.6 is 0 Å². The fraction of sp³-hybridized carbons (Fsp3) is 0.833. The van der Waals surface area contributed by atoms with Crippen molar-refractivity contribution in [3.63, 3.8) is 0 Å². The maximum absolute atomic E-state index is 12.2. The Bertz CT molecular complexity index is 1220. The number of amides is 4. The van der Waals surface area contributed by atoms with E-state index in [1.165, 1.54) is 44.9 Å². The zero-order valence-corrected chi connectivity index (χ0v) is 42.8. The molecule has 0 aliphatic rings. The lowest BCUT2D eigenvalue weighted by Crippen LogP contribution is -2.41. The number of carbonyl (C=O) groups excluding carboxylic acids is 5. The second-order valence-corrected chi connectivity index (χ2v) is 16.6. The highest BCUT2D eigenvalue weighted by Gasteiger charge is 2.21. The van der Waals surface area contributed by atoms with Crippen LogP contribution in [0.3, 0.4) is 0 Å². The van der Waals surface area contributed by atoms with Crippen molar-refractivity contribution < 1.29 is 53.7 Å². The monoisotopic (exact) mass is 968 g/mol. The van der Waals surface area contributed by atoms with Gasteiger partial charge in [0, 0.05) is 44.9 Å². The average Bonchev–Trinajstić information content (AvgIpc) is 3.30. The zero-order chi connectivity index (χ0) is 52.6. The molecular formula is C48H95B2N7O11. The lowest BCUT2D eigenvalue weighted by Gasteiger charge is -2.14. The van der Waals surface area contributed by atoms with Crippen LogP contribution in [0.25, 0.3) is 0 Å². The van der Waals surface area contributed by atoms with E-state index in [1.54, 1.807) is 6.92 Å². The van der Waals surface area contributed by atoms with E-state index in [4.69, 9.17) is 34.5 Å². The summed E-state index contributed by atoms with van der Waals surface area (Å²) in [6, 6.07) is -1.05. The molecule has 0 saturated carbocycles. The van der Waals surface area contributed by atoms with Gasteiger partial charge in [0.15, 0.2) is 15.8 Å². The summed E-state index contributed by atoms with van der Waals surface area (Å²) in [6.07, 6.45) is 25.3. The molecule has 4 amide bonds. The summed E-state index contributed by atoms with van der Waals surface area (Å²) < 4.78 is 0. The first kappa shape index (κ1) is 72.9. The van der Waals surface area contributed by atoms with Crippen LogP contribution in [0.4, 0.5) is 0 Å². The van der Waals surface area contributed by atoms with Crippen LogP contribution in [0.15, 0.2) is 0 Å². The highest BCUT2D eigenvalue weighted by molar-refractivity contribution is 6.57. The minimum Gasteiger partial charge on any atom is -0.483 e. The first-order valence-corrected chi connectivity index (χ1v) is 25.3. The number of hydrogen-bond donors (Lipinski definition) is 10. The van der Waals surface area contributed by atoms with Gasteiger partial charge >= 0.3 is 11.9 Å². The predicted octanol–water partition coefficient (Wildman–Crippen LogP) is 5.69. The molecule has 0 bridgehead atoms. The number of carboxylic acids is 2. The molecule has 4 atom stereocenters. The van der Waals surface area contributed by atoms with Crippen molar-refractivity contribution in [2.45, 2.75) is 239 Å². The molecule has 0 aromatic carbocycles. The van der Waals surface area contributed by atoms with Gasteiger partial charge in [0.25, 0.3) is 6.47 Å². The van der Waals surface area contributed by atoms with Crippen molar-refractivity contribution >= 4 is 64.1 Å². The van der Waals surface area contributed by atoms with Gasteiger partial charge in [0.2, 0.25) is 24.1 Å². The number of rotatable bonds is 41. The Balaban J connectivity index is -0.000000365. The molecule has 0 spiro atoms. The molecule has 0 aromatic rings. The minimum absolute atomic E-state index is 0.0686. The van der Waals surface area contributed by atoms with E-state index in [-0.39, 0.29) is 55.2 Å². The first-order valence-electron chi connectivity index (χ1n) is 25.3. The van der Waals surface area contributed by atoms with Crippen LogP contribution in [0.2, 0.25) is 0 Å². The van der Waals surface area contributed by atoms with Crippen LogP contribution in [0, 0.1) is 0 Å². The van der Waals surface area contributed by atoms with E-state index in [0.29, 0.717) is 51.3 Å². The molecule has 0 saturated heterocycles. The smallest absolute Gasteiger partial charge is 0.326 e. The maximum Gasteiger partial charge on any atom is 0.326 e. The molecule has 18 nitrogen and oxygen atoms in total. The van der Waals surface area contributed by atoms with Crippen LogP contribution in [-0.4, -0.2) is 123 Å². The number of carbonyl (C=O) groups is 8. The molecule has 68 heavy (non-hydrogen) atoms. The van der Waals surface area contributed by atoms with Gasteiger partial charge in [0.05, 0.1) is 11.7 Å². The molecule has 0 aromatic heterocycles. The summed E-state index contributed by atoms with van der Waals surface area (Å²) in [5, 5.41) is 38.3. The highest BCUT2D eigenvalue weighted by atomic mass is 16.4. The SMILES string of the molecule is CC.C[C@@H](N)CCCCNC(=O)CCC(NC(=O)CCCCCCCCCCCCCCCCC(=O)O)C(=O)O.O=CO.[B]C(=O)CC.[B]NC(C)CCCCNC(=O)C(N)CCCCNC=O. The van der Waals surface area contributed by atoms with Gasteiger partial charge in [-0.1, -0.05) is 118 Å². The number of carboxylic acid groups (broad SMARTS) is 3. The number of nitrogens with one attached hydrogen (secondary N) is 5. The molecule has 0 fully saturated rings. The summed E-state index contributed by atoms with van der Waals surface area (Å²) in [4.78, 5) is 85.7. The molecule has 3 unspecified atom stereocenters. The minimum atomic E-state index is -1.11. The number of nitrogens with two attached hydrogens (primary N) is 2. The van der Waals surface area contributed by atoms with Crippen LogP contribution < -0.4 is 38.0 Å². The second-order valence-electron chi connectivity index (χ2n) is 16.6. The van der Waals surface area contributed by atoms with E-state index in [1.807, 2.05) is 27.7 Å². The topological polar surface area (TPSA) is 309 Å². The van der Waals surface area contributed by atoms with Gasteiger partial charge in [-0.15, -0.1) is 0 Å². The normalized spacial score (nSPS) is 11.8. The quantitative estimate of drug-likeness (QED) is 0.0200. The third kappa shape index (κ3) is 66.2. The van der Waals surface area contributed by atoms with Crippen molar-refractivity contribution in [3.8, 4) is 0 Å². The van der Waals surface area contributed by atoms with Crippen molar-refractivity contribution in [2.75, 3.05) is 19.6 Å². The molecule has 0 rings (SSSR count). The third-order valence-corrected chi connectivity index (χ3v) is 10.2. The summed E-state index contributed by atoms with van der Waals surface area (Å²) in [6.45, 7) is 11.3. The molecule has 0 aliphatic carbocycles. The lowest BCUT2D eigenvalue weighted by atomic mass is 10.0. The Morgan fingerprint density at radius 3 is 1.44 bits per heavy atom. The van der Waals surface area contributed by atoms with E-state index in [0.717, 1.165) is 96.3 Å². The van der Waals surface area contributed by atoms with Gasteiger partial charge in [-0.05, 0) is 83.6 Å². The van der Waals surface area contributed by atoms with Crippen molar-refractivity contribution in [3.05, 3.63) is 0 Å². The molecule has 0 heterocycles. The van der Waals surface area contributed by atoms with Gasteiger partial charge in [0.1, 0.15) is 6.04 Å². The van der Waals surface area contributed by atoms with E-state index >= 15 is 0 Å². The van der Waals surface area contributed by atoms with Crippen molar-refractivity contribution in [2.24, 2.45) is 11.5 Å². The number of aliphatic carboxylic acids is 2. The standard InChI is InChI=1S/C29H55N3O6.C13H27BN4O2.C3H5BO.C2H6.CH2O2/c1-24(30)18-16-17-23-31-26(33)22-21-25(29(37)38)32-27(34)19-14-12-10-8-6-4-2-3-5-7-9-11-13-15-20-28(35)36;1-11(18-14)6-2-5-9-17-13(20)12(15)7-3-4-8-16-10-19;1-2-3(4)5;1-2;2-1-3/h24-25H,2-23,30H2,1H3,(H,31,33)(H,32,34)(H,35,36)(H,37,38);10-12,18H,2-9,15H2,1H3,(H,16,19)(H,17,20);2H2,1H3;1-2H3;1H,(H,2,3)/t24-,25?;;;;/m1..../s1. The second kappa shape index (κ2) is 59.1. The largest absolute Gasteiger partial charge is 0.483 e. The number of hydrogen-bond acceptors (Lipinski definition) is 11.